The summed E-state index contributed by atoms with van der Waals surface area (Å²) in [7, 11) is 0. The van der Waals surface area contributed by atoms with Gasteiger partial charge in [0.05, 0.1) is 6.10 Å². The van der Waals surface area contributed by atoms with E-state index in [0.717, 1.165) is 30.7 Å². The second kappa shape index (κ2) is 6.79. The molecule has 2 aliphatic rings. The summed E-state index contributed by atoms with van der Waals surface area (Å²) < 4.78 is 11.0. The van der Waals surface area contributed by atoms with Gasteiger partial charge in [-0.2, -0.15) is 0 Å². The van der Waals surface area contributed by atoms with Crippen LogP contribution < -0.4 is 15.4 Å². The number of amides is 2. The van der Waals surface area contributed by atoms with Crippen LogP contribution in [-0.4, -0.2) is 37.7 Å². The van der Waals surface area contributed by atoms with E-state index < -0.39 is 0 Å². The summed E-state index contributed by atoms with van der Waals surface area (Å²) in [6, 6.07) is 5.45. The summed E-state index contributed by atoms with van der Waals surface area (Å²) in [5.74, 6) is 0.526. The van der Waals surface area contributed by atoms with E-state index in [-0.39, 0.29) is 24.5 Å². The molecule has 6 heteroatoms. The van der Waals surface area contributed by atoms with Gasteiger partial charge >= 0.3 is 0 Å². The van der Waals surface area contributed by atoms with Crippen LogP contribution in [0.15, 0.2) is 18.2 Å². The maximum atomic E-state index is 11.8. The highest BCUT2D eigenvalue weighted by Gasteiger charge is 2.17. The van der Waals surface area contributed by atoms with Crippen molar-refractivity contribution < 1.29 is 19.1 Å². The third kappa shape index (κ3) is 3.76. The van der Waals surface area contributed by atoms with Crippen molar-refractivity contribution in [2.45, 2.75) is 31.8 Å². The zero-order valence-corrected chi connectivity index (χ0v) is 12.4. The van der Waals surface area contributed by atoms with Crippen molar-refractivity contribution in [3.05, 3.63) is 23.8 Å². The lowest BCUT2D eigenvalue weighted by Gasteiger charge is -2.17. The fourth-order valence-corrected chi connectivity index (χ4v) is 2.68. The van der Waals surface area contributed by atoms with Crippen LogP contribution in [0.3, 0.4) is 0 Å². The second-order valence-electron chi connectivity index (χ2n) is 5.59. The molecule has 1 unspecified atom stereocenters. The van der Waals surface area contributed by atoms with Gasteiger partial charge < -0.3 is 20.1 Å². The van der Waals surface area contributed by atoms with Crippen molar-refractivity contribution in [1.29, 1.82) is 0 Å². The number of benzene rings is 1. The normalized spacial score (nSPS) is 20.2. The van der Waals surface area contributed by atoms with Gasteiger partial charge in [-0.15, -0.1) is 0 Å². The molecule has 1 saturated heterocycles. The SMILES string of the molecule is O=C(COc1ccc2c(c1)CCC(=O)N2)NCC1CCCO1. The monoisotopic (exact) mass is 304 g/mol. The maximum absolute atomic E-state index is 11.8. The average molecular weight is 304 g/mol. The average Bonchev–Trinajstić information content (AvgIpc) is 3.04. The maximum Gasteiger partial charge on any atom is 0.258 e. The van der Waals surface area contributed by atoms with Crippen LogP contribution in [0.5, 0.6) is 5.75 Å². The molecule has 1 atom stereocenters. The Morgan fingerprint density at radius 3 is 3.14 bits per heavy atom. The summed E-state index contributed by atoms with van der Waals surface area (Å²) in [6.45, 7) is 1.30. The van der Waals surface area contributed by atoms with E-state index in [9.17, 15) is 9.59 Å². The summed E-state index contributed by atoms with van der Waals surface area (Å²) in [5, 5.41) is 5.63. The number of ether oxygens (including phenoxy) is 2. The Labute approximate surface area is 129 Å². The molecule has 6 nitrogen and oxygen atoms in total. The smallest absolute Gasteiger partial charge is 0.258 e. The molecular formula is C16H20N2O4. The fourth-order valence-electron chi connectivity index (χ4n) is 2.68. The van der Waals surface area contributed by atoms with Crippen LogP contribution in [0.4, 0.5) is 5.69 Å². The first kappa shape index (κ1) is 14.8. The molecule has 2 aliphatic heterocycles. The highest BCUT2D eigenvalue weighted by Crippen LogP contribution is 2.26. The zero-order chi connectivity index (χ0) is 15.4. The van der Waals surface area contributed by atoms with Crippen LogP contribution in [0.1, 0.15) is 24.8 Å². The molecule has 1 fully saturated rings. The lowest BCUT2D eigenvalue weighted by molar-refractivity contribution is -0.123. The van der Waals surface area contributed by atoms with Gasteiger partial charge in [0.2, 0.25) is 5.91 Å². The van der Waals surface area contributed by atoms with Gasteiger partial charge in [0.25, 0.3) is 5.91 Å². The van der Waals surface area contributed by atoms with E-state index in [2.05, 4.69) is 10.6 Å². The molecule has 118 valence electrons. The molecule has 22 heavy (non-hydrogen) atoms. The van der Waals surface area contributed by atoms with Gasteiger partial charge in [0, 0.05) is 25.3 Å². The van der Waals surface area contributed by atoms with Crippen molar-refractivity contribution in [3.63, 3.8) is 0 Å². The molecule has 0 radical (unpaired) electrons. The largest absolute Gasteiger partial charge is 0.484 e. The van der Waals surface area contributed by atoms with E-state index in [4.69, 9.17) is 9.47 Å². The first-order valence-electron chi connectivity index (χ1n) is 7.64. The molecule has 1 aromatic carbocycles. The third-order valence-electron chi connectivity index (χ3n) is 3.89. The molecule has 0 aliphatic carbocycles. The molecule has 3 rings (SSSR count). The van der Waals surface area contributed by atoms with Crippen molar-refractivity contribution >= 4 is 17.5 Å². The van der Waals surface area contributed by atoms with Crippen LogP contribution in [0.25, 0.3) is 0 Å². The Balaban J connectivity index is 1.46. The minimum Gasteiger partial charge on any atom is -0.484 e. The first-order valence-corrected chi connectivity index (χ1v) is 7.64. The van der Waals surface area contributed by atoms with Gasteiger partial charge in [0.1, 0.15) is 5.75 Å². The minimum atomic E-state index is -0.151. The predicted molar refractivity (Wildman–Crippen MR) is 80.9 cm³/mol. The van der Waals surface area contributed by atoms with Crippen molar-refractivity contribution in [1.82, 2.24) is 5.32 Å². The number of hydrogen-bond acceptors (Lipinski definition) is 4. The summed E-state index contributed by atoms with van der Waals surface area (Å²) in [5.41, 5.74) is 1.86. The number of rotatable bonds is 5. The Kier molecular flexibility index (Phi) is 4.58. The molecule has 1 aromatic rings. The third-order valence-corrected chi connectivity index (χ3v) is 3.89. The Morgan fingerprint density at radius 2 is 2.32 bits per heavy atom. The number of carbonyl (C=O) groups is 2. The summed E-state index contributed by atoms with van der Waals surface area (Å²) >= 11 is 0. The van der Waals surface area contributed by atoms with Crippen molar-refractivity contribution in [2.24, 2.45) is 0 Å². The summed E-state index contributed by atoms with van der Waals surface area (Å²) in [6.07, 6.45) is 3.37. The number of hydrogen-bond donors (Lipinski definition) is 2. The van der Waals surface area contributed by atoms with Crippen LogP contribution in [0, 0.1) is 0 Å². The number of aryl methyl sites for hydroxylation is 1. The predicted octanol–water partition coefficient (Wildman–Crippen LogP) is 1.25. The number of fused-ring (bicyclic) bond motifs is 1. The Morgan fingerprint density at radius 1 is 1.41 bits per heavy atom. The molecule has 0 saturated carbocycles. The highest BCUT2D eigenvalue weighted by molar-refractivity contribution is 5.94. The van der Waals surface area contributed by atoms with Crippen LogP contribution >= 0.6 is 0 Å². The van der Waals surface area contributed by atoms with Gasteiger partial charge in [0.15, 0.2) is 6.61 Å². The second-order valence-corrected chi connectivity index (χ2v) is 5.59. The minimum absolute atomic E-state index is 0.0160. The number of nitrogens with one attached hydrogen (secondary N) is 2. The van der Waals surface area contributed by atoms with Crippen molar-refractivity contribution in [2.75, 3.05) is 25.1 Å². The topological polar surface area (TPSA) is 76.7 Å². The molecule has 0 spiro atoms. The van der Waals surface area contributed by atoms with E-state index >= 15 is 0 Å². The van der Waals surface area contributed by atoms with Gasteiger partial charge in [-0.3, -0.25) is 9.59 Å². The Hall–Kier alpha value is -2.08. The highest BCUT2D eigenvalue weighted by atomic mass is 16.5. The summed E-state index contributed by atoms with van der Waals surface area (Å²) in [4.78, 5) is 23.1. The lowest BCUT2D eigenvalue weighted by atomic mass is 10.0. The van der Waals surface area contributed by atoms with Crippen LogP contribution in [0.2, 0.25) is 0 Å². The molecule has 2 heterocycles. The fraction of sp³-hybridized carbons (Fsp3) is 0.500. The van der Waals surface area contributed by atoms with Crippen molar-refractivity contribution in [3.8, 4) is 5.75 Å². The van der Waals surface area contributed by atoms with E-state index in [1.165, 1.54) is 0 Å². The number of anilines is 1. The quantitative estimate of drug-likeness (QED) is 0.858. The van der Waals surface area contributed by atoms with E-state index in [1.807, 2.05) is 12.1 Å². The van der Waals surface area contributed by atoms with E-state index in [0.29, 0.717) is 25.1 Å². The van der Waals surface area contributed by atoms with Gasteiger partial charge in [-0.25, -0.2) is 0 Å². The molecule has 0 bridgehead atoms. The Bertz CT molecular complexity index is 567. The molecule has 2 N–H and O–H groups in total. The molecule has 0 aromatic heterocycles. The lowest BCUT2D eigenvalue weighted by Crippen LogP contribution is -2.35. The van der Waals surface area contributed by atoms with Gasteiger partial charge in [-0.05, 0) is 43.0 Å². The molecule has 2 amide bonds. The number of carbonyl (C=O) groups excluding carboxylic acids is 2. The van der Waals surface area contributed by atoms with Crippen LogP contribution in [-0.2, 0) is 20.7 Å². The zero-order valence-electron chi connectivity index (χ0n) is 12.4. The standard InChI is InChI=1S/C16H20N2O4/c19-15-6-3-11-8-12(4-5-14(11)18-15)22-10-16(20)17-9-13-2-1-7-21-13/h4-5,8,13H,1-3,6-7,9-10H2,(H,17,20)(H,18,19). The van der Waals surface area contributed by atoms with E-state index in [1.54, 1.807) is 6.07 Å². The molecular weight excluding hydrogens is 284 g/mol. The first-order chi connectivity index (χ1) is 10.7. The van der Waals surface area contributed by atoms with Gasteiger partial charge in [-0.1, -0.05) is 0 Å².